The van der Waals surface area contributed by atoms with Crippen LogP contribution in [0.2, 0.25) is 0 Å². The second-order valence-corrected chi connectivity index (χ2v) is 7.57. The minimum absolute atomic E-state index is 0.0205. The molecule has 3 aromatic rings. The lowest BCUT2D eigenvalue weighted by Crippen LogP contribution is -2.16. The second kappa shape index (κ2) is 6.92. The maximum Gasteiger partial charge on any atom is 0.234 e. The number of aryl methyl sites for hydroxylation is 5. The van der Waals surface area contributed by atoms with E-state index < -0.39 is 0 Å². The van der Waals surface area contributed by atoms with E-state index in [9.17, 15) is 4.79 Å². The molecule has 0 bridgehead atoms. The number of amides is 1. The molecule has 3 rings (SSSR count). The number of nitrogens with one attached hydrogen (secondary N) is 2. The van der Waals surface area contributed by atoms with Crippen molar-refractivity contribution in [2.24, 2.45) is 0 Å². The highest BCUT2D eigenvalue weighted by molar-refractivity contribution is 7.99. The average Bonchev–Trinajstić information content (AvgIpc) is 2.91. The van der Waals surface area contributed by atoms with E-state index in [-0.39, 0.29) is 5.91 Å². The third kappa shape index (κ3) is 3.87. The van der Waals surface area contributed by atoms with Gasteiger partial charge >= 0.3 is 0 Å². The fraction of sp³-hybridized carbons (Fsp3) is 0.300. The number of H-pyrrole nitrogens is 1. The zero-order valence-electron chi connectivity index (χ0n) is 15.3. The van der Waals surface area contributed by atoms with E-state index in [0.717, 1.165) is 33.0 Å². The van der Waals surface area contributed by atoms with Crippen LogP contribution in [-0.2, 0) is 4.79 Å². The Balaban J connectivity index is 1.68. The number of rotatable bonds is 4. The highest BCUT2D eigenvalue weighted by Gasteiger charge is 2.11. The summed E-state index contributed by atoms with van der Waals surface area (Å²) in [4.78, 5) is 20.2. The topological polar surface area (TPSA) is 57.8 Å². The number of aromatic nitrogens is 2. The van der Waals surface area contributed by atoms with Gasteiger partial charge in [-0.1, -0.05) is 29.5 Å². The van der Waals surface area contributed by atoms with Gasteiger partial charge in [-0.25, -0.2) is 4.98 Å². The summed E-state index contributed by atoms with van der Waals surface area (Å²) < 4.78 is 0. The van der Waals surface area contributed by atoms with E-state index in [1.165, 1.54) is 28.5 Å². The van der Waals surface area contributed by atoms with Crippen LogP contribution in [-0.4, -0.2) is 21.6 Å². The van der Waals surface area contributed by atoms with E-state index >= 15 is 0 Å². The molecule has 0 spiro atoms. The summed E-state index contributed by atoms with van der Waals surface area (Å²) in [6.07, 6.45) is 0. The maximum absolute atomic E-state index is 12.3. The highest BCUT2D eigenvalue weighted by Crippen LogP contribution is 2.24. The largest absolute Gasteiger partial charge is 0.333 e. The number of carbonyl (C=O) groups excluding carboxylic acids is 1. The van der Waals surface area contributed by atoms with Crippen LogP contribution in [0.1, 0.15) is 27.8 Å². The van der Waals surface area contributed by atoms with Gasteiger partial charge < -0.3 is 10.3 Å². The van der Waals surface area contributed by atoms with Gasteiger partial charge in [0.25, 0.3) is 0 Å². The molecule has 0 aliphatic carbocycles. The smallest absolute Gasteiger partial charge is 0.234 e. The van der Waals surface area contributed by atoms with E-state index in [0.29, 0.717) is 5.75 Å². The van der Waals surface area contributed by atoms with Crippen LogP contribution < -0.4 is 5.32 Å². The van der Waals surface area contributed by atoms with Crippen LogP contribution >= 0.6 is 11.8 Å². The Morgan fingerprint density at radius 3 is 2.32 bits per heavy atom. The van der Waals surface area contributed by atoms with Crippen LogP contribution in [0.25, 0.3) is 11.0 Å². The van der Waals surface area contributed by atoms with E-state index in [2.05, 4.69) is 60.3 Å². The number of anilines is 1. The first-order valence-electron chi connectivity index (χ1n) is 8.31. The van der Waals surface area contributed by atoms with E-state index in [4.69, 9.17) is 0 Å². The van der Waals surface area contributed by atoms with E-state index in [1.54, 1.807) is 0 Å². The van der Waals surface area contributed by atoms with Crippen molar-refractivity contribution in [1.29, 1.82) is 0 Å². The predicted molar refractivity (Wildman–Crippen MR) is 106 cm³/mol. The Morgan fingerprint density at radius 1 is 1.00 bits per heavy atom. The zero-order valence-corrected chi connectivity index (χ0v) is 16.1. The lowest BCUT2D eigenvalue weighted by molar-refractivity contribution is -0.113. The molecule has 0 atom stereocenters. The Bertz CT molecular complexity index is 897. The van der Waals surface area contributed by atoms with Crippen LogP contribution in [0.4, 0.5) is 5.69 Å². The van der Waals surface area contributed by atoms with Crippen LogP contribution in [0.5, 0.6) is 0 Å². The summed E-state index contributed by atoms with van der Waals surface area (Å²) in [6, 6.07) is 8.34. The first kappa shape index (κ1) is 17.5. The molecule has 0 aliphatic rings. The van der Waals surface area contributed by atoms with Crippen LogP contribution in [0, 0.1) is 34.6 Å². The van der Waals surface area contributed by atoms with Crippen molar-refractivity contribution in [2.45, 2.75) is 39.8 Å². The first-order chi connectivity index (χ1) is 11.8. The fourth-order valence-corrected chi connectivity index (χ4v) is 3.69. The van der Waals surface area contributed by atoms with Gasteiger partial charge in [-0.05, 0) is 69.0 Å². The molecule has 130 valence electrons. The Kier molecular flexibility index (Phi) is 4.86. The molecule has 1 amide bonds. The molecular weight excluding hydrogens is 330 g/mol. The zero-order chi connectivity index (χ0) is 18.1. The molecule has 2 N–H and O–H groups in total. The molecule has 0 aliphatic heterocycles. The number of imidazole rings is 1. The first-order valence-corrected chi connectivity index (χ1v) is 9.29. The number of hydrogen-bond donors (Lipinski definition) is 2. The van der Waals surface area contributed by atoms with Gasteiger partial charge in [0.1, 0.15) is 0 Å². The Hall–Kier alpha value is -2.27. The number of aromatic amines is 1. The average molecular weight is 353 g/mol. The van der Waals surface area contributed by atoms with Crippen LogP contribution in [0.3, 0.4) is 0 Å². The minimum atomic E-state index is -0.0205. The van der Waals surface area contributed by atoms with Crippen molar-refractivity contribution in [3.05, 3.63) is 52.1 Å². The molecule has 25 heavy (non-hydrogen) atoms. The molecule has 0 saturated carbocycles. The minimum Gasteiger partial charge on any atom is -0.333 e. The van der Waals surface area contributed by atoms with Crippen molar-refractivity contribution in [1.82, 2.24) is 9.97 Å². The molecule has 0 radical (unpaired) electrons. The monoisotopic (exact) mass is 353 g/mol. The lowest BCUT2D eigenvalue weighted by Gasteiger charge is -2.12. The molecular formula is C20H23N3OS. The number of carbonyl (C=O) groups is 1. The van der Waals surface area contributed by atoms with Gasteiger partial charge in [-0.15, -0.1) is 0 Å². The normalized spacial score (nSPS) is 11.1. The van der Waals surface area contributed by atoms with Crippen molar-refractivity contribution in [3.8, 4) is 0 Å². The summed E-state index contributed by atoms with van der Waals surface area (Å²) in [5.74, 6) is 0.303. The summed E-state index contributed by atoms with van der Waals surface area (Å²) in [7, 11) is 0. The van der Waals surface area contributed by atoms with Gasteiger partial charge in [0, 0.05) is 5.69 Å². The molecule has 1 heterocycles. The summed E-state index contributed by atoms with van der Waals surface area (Å²) in [6.45, 7) is 10.3. The summed E-state index contributed by atoms with van der Waals surface area (Å²) in [5, 5.41) is 3.80. The van der Waals surface area contributed by atoms with E-state index in [1.807, 2.05) is 13.8 Å². The van der Waals surface area contributed by atoms with Gasteiger partial charge in [-0.2, -0.15) is 0 Å². The molecule has 0 unspecified atom stereocenters. The SMILES string of the molecule is Cc1cc(C)c(NC(=O)CSc2nc3cc(C)c(C)cc3[nH]2)c(C)c1. The van der Waals surface area contributed by atoms with Gasteiger partial charge in [0.2, 0.25) is 5.91 Å². The number of fused-ring (bicyclic) bond motifs is 1. The number of nitrogens with zero attached hydrogens (tertiary/aromatic N) is 1. The number of hydrogen-bond acceptors (Lipinski definition) is 3. The van der Waals surface area contributed by atoms with Gasteiger partial charge in [-0.3, -0.25) is 4.79 Å². The van der Waals surface area contributed by atoms with Crippen molar-refractivity contribution >= 4 is 34.4 Å². The van der Waals surface area contributed by atoms with Crippen molar-refractivity contribution < 1.29 is 4.79 Å². The van der Waals surface area contributed by atoms with Crippen molar-refractivity contribution in [2.75, 3.05) is 11.1 Å². The number of benzene rings is 2. The molecule has 4 nitrogen and oxygen atoms in total. The number of thioether (sulfide) groups is 1. The Labute approximate surface area is 152 Å². The summed E-state index contributed by atoms with van der Waals surface area (Å²) >= 11 is 1.42. The quantitative estimate of drug-likeness (QED) is 0.660. The summed E-state index contributed by atoms with van der Waals surface area (Å²) in [5.41, 5.74) is 8.69. The molecule has 0 fully saturated rings. The lowest BCUT2D eigenvalue weighted by atomic mass is 10.1. The molecule has 5 heteroatoms. The highest BCUT2D eigenvalue weighted by atomic mass is 32.2. The molecule has 0 saturated heterocycles. The standard InChI is InChI=1S/C20H23N3OS/c1-11-6-14(4)19(15(5)7-11)23-18(24)10-25-20-21-16-8-12(2)13(3)9-17(16)22-20/h6-9H,10H2,1-5H3,(H,21,22)(H,23,24). The third-order valence-electron chi connectivity index (χ3n) is 4.36. The molecule has 1 aromatic heterocycles. The van der Waals surface area contributed by atoms with Crippen LogP contribution in [0.15, 0.2) is 29.4 Å². The van der Waals surface area contributed by atoms with Crippen molar-refractivity contribution in [3.63, 3.8) is 0 Å². The fourth-order valence-electron chi connectivity index (χ4n) is 3.00. The maximum atomic E-state index is 12.3. The van der Waals surface area contributed by atoms with Gasteiger partial charge in [0.15, 0.2) is 5.16 Å². The Morgan fingerprint density at radius 2 is 1.64 bits per heavy atom. The predicted octanol–water partition coefficient (Wildman–Crippen LogP) is 4.84. The van der Waals surface area contributed by atoms with Gasteiger partial charge in [0.05, 0.1) is 16.8 Å². The third-order valence-corrected chi connectivity index (χ3v) is 5.23. The molecule has 2 aromatic carbocycles. The second-order valence-electron chi connectivity index (χ2n) is 6.61.